The second-order valence-electron chi connectivity index (χ2n) is 4.45. The molecular formula is C13H17FN2O. The van der Waals surface area contributed by atoms with Gasteiger partial charge >= 0.3 is 0 Å². The van der Waals surface area contributed by atoms with Crippen molar-refractivity contribution in [2.75, 3.05) is 6.54 Å². The summed E-state index contributed by atoms with van der Waals surface area (Å²) in [5.74, 6) is -0.152. The first-order chi connectivity index (χ1) is 8.16. The molecule has 1 unspecified atom stereocenters. The fraction of sp³-hybridized carbons (Fsp3) is 0.462. The van der Waals surface area contributed by atoms with E-state index in [9.17, 15) is 9.18 Å². The molecule has 1 aliphatic heterocycles. The Morgan fingerprint density at radius 2 is 2.35 bits per heavy atom. The minimum atomic E-state index is -0.197. The lowest BCUT2D eigenvalue weighted by Gasteiger charge is -2.22. The minimum absolute atomic E-state index is 0.0452. The van der Waals surface area contributed by atoms with Gasteiger partial charge in [-0.15, -0.1) is 0 Å². The SMILES string of the molecule is Cc1ccc(CNC2CCCNC2=O)cc1F. The van der Waals surface area contributed by atoms with Crippen LogP contribution < -0.4 is 10.6 Å². The Bertz CT molecular complexity index is 420. The molecule has 1 aliphatic rings. The number of carbonyl (C=O) groups is 1. The maximum absolute atomic E-state index is 13.3. The van der Waals surface area contributed by atoms with Crippen molar-refractivity contribution in [2.24, 2.45) is 0 Å². The lowest BCUT2D eigenvalue weighted by Crippen LogP contribution is -2.47. The summed E-state index contributed by atoms with van der Waals surface area (Å²) in [5.41, 5.74) is 1.51. The average molecular weight is 236 g/mol. The van der Waals surface area contributed by atoms with E-state index in [1.807, 2.05) is 6.07 Å². The number of hydrogen-bond acceptors (Lipinski definition) is 2. The van der Waals surface area contributed by atoms with Gasteiger partial charge in [-0.2, -0.15) is 0 Å². The standard InChI is InChI=1S/C13H17FN2O/c1-9-4-5-10(7-11(9)14)8-16-12-3-2-6-15-13(12)17/h4-5,7,12,16H,2-3,6,8H2,1H3,(H,15,17). The normalized spacial score (nSPS) is 20.1. The Morgan fingerprint density at radius 3 is 3.06 bits per heavy atom. The van der Waals surface area contributed by atoms with E-state index in [0.29, 0.717) is 12.1 Å². The topological polar surface area (TPSA) is 41.1 Å². The van der Waals surface area contributed by atoms with E-state index in [0.717, 1.165) is 24.9 Å². The zero-order valence-corrected chi connectivity index (χ0v) is 9.92. The third kappa shape index (κ3) is 3.03. The van der Waals surface area contributed by atoms with Crippen molar-refractivity contribution in [3.63, 3.8) is 0 Å². The molecule has 92 valence electrons. The number of halogens is 1. The molecule has 1 atom stereocenters. The summed E-state index contributed by atoms with van der Waals surface area (Å²) < 4.78 is 13.3. The van der Waals surface area contributed by atoms with Crippen molar-refractivity contribution >= 4 is 5.91 Å². The Balaban J connectivity index is 1.92. The number of nitrogens with one attached hydrogen (secondary N) is 2. The molecule has 0 radical (unpaired) electrons. The molecule has 1 saturated heterocycles. The molecule has 17 heavy (non-hydrogen) atoms. The number of aryl methyl sites for hydroxylation is 1. The highest BCUT2D eigenvalue weighted by Crippen LogP contribution is 2.10. The highest BCUT2D eigenvalue weighted by Gasteiger charge is 2.20. The van der Waals surface area contributed by atoms with Gasteiger partial charge in [0.05, 0.1) is 6.04 Å². The smallest absolute Gasteiger partial charge is 0.237 e. The first kappa shape index (κ1) is 12.0. The van der Waals surface area contributed by atoms with Crippen LogP contribution in [0.5, 0.6) is 0 Å². The molecule has 0 spiro atoms. The number of benzene rings is 1. The van der Waals surface area contributed by atoms with Gasteiger partial charge in [0.25, 0.3) is 0 Å². The van der Waals surface area contributed by atoms with E-state index >= 15 is 0 Å². The molecule has 0 bridgehead atoms. The Kier molecular flexibility index (Phi) is 3.74. The van der Waals surface area contributed by atoms with E-state index in [4.69, 9.17) is 0 Å². The van der Waals surface area contributed by atoms with E-state index in [2.05, 4.69) is 10.6 Å². The predicted octanol–water partition coefficient (Wildman–Crippen LogP) is 1.50. The maximum Gasteiger partial charge on any atom is 0.237 e. The third-order valence-electron chi connectivity index (χ3n) is 3.07. The first-order valence-electron chi connectivity index (χ1n) is 5.93. The molecule has 2 rings (SSSR count). The van der Waals surface area contributed by atoms with Crippen LogP contribution in [-0.2, 0) is 11.3 Å². The monoisotopic (exact) mass is 236 g/mol. The van der Waals surface area contributed by atoms with Crippen molar-refractivity contribution in [1.29, 1.82) is 0 Å². The van der Waals surface area contributed by atoms with Crippen LogP contribution in [-0.4, -0.2) is 18.5 Å². The van der Waals surface area contributed by atoms with Crippen LogP contribution in [0.4, 0.5) is 4.39 Å². The molecule has 2 N–H and O–H groups in total. The summed E-state index contributed by atoms with van der Waals surface area (Å²) in [7, 11) is 0. The van der Waals surface area contributed by atoms with Gasteiger partial charge in [0.1, 0.15) is 5.82 Å². The molecule has 1 fully saturated rings. The van der Waals surface area contributed by atoms with Gasteiger partial charge in [0.15, 0.2) is 0 Å². The Hall–Kier alpha value is -1.42. The lowest BCUT2D eigenvalue weighted by atomic mass is 10.1. The largest absolute Gasteiger partial charge is 0.355 e. The quantitative estimate of drug-likeness (QED) is 0.835. The number of carbonyl (C=O) groups excluding carboxylic acids is 1. The summed E-state index contributed by atoms with van der Waals surface area (Å²) in [4.78, 5) is 11.5. The van der Waals surface area contributed by atoms with Crippen molar-refractivity contribution in [3.05, 3.63) is 35.1 Å². The lowest BCUT2D eigenvalue weighted by molar-refractivity contribution is -0.124. The van der Waals surface area contributed by atoms with E-state index in [1.165, 1.54) is 6.07 Å². The van der Waals surface area contributed by atoms with E-state index < -0.39 is 0 Å². The van der Waals surface area contributed by atoms with Crippen LogP contribution in [0.1, 0.15) is 24.0 Å². The first-order valence-corrected chi connectivity index (χ1v) is 5.93. The van der Waals surface area contributed by atoms with Gasteiger partial charge in [0.2, 0.25) is 5.91 Å². The van der Waals surface area contributed by atoms with Crippen LogP contribution in [0, 0.1) is 12.7 Å². The maximum atomic E-state index is 13.3. The second kappa shape index (κ2) is 5.27. The van der Waals surface area contributed by atoms with Gasteiger partial charge < -0.3 is 10.6 Å². The summed E-state index contributed by atoms with van der Waals surface area (Å²) in [6, 6.07) is 5.01. The van der Waals surface area contributed by atoms with Gasteiger partial charge in [0, 0.05) is 13.1 Å². The molecule has 1 amide bonds. The number of hydrogen-bond donors (Lipinski definition) is 2. The van der Waals surface area contributed by atoms with Gasteiger partial charge in [-0.25, -0.2) is 4.39 Å². The van der Waals surface area contributed by atoms with Gasteiger partial charge in [-0.3, -0.25) is 4.79 Å². The van der Waals surface area contributed by atoms with Crippen molar-refractivity contribution in [2.45, 2.75) is 32.4 Å². The molecule has 0 aromatic heterocycles. The fourth-order valence-corrected chi connectivity index (χ4v) is 1.95. The number of piperidine rings is 1. The van der Waals surface area contributed by atoms with E-state index in [1.54, 1.807) is 13.0 Å². The van der Waals surface area contributed by atoms with Crippen molar-refractivity contribution < 1.29 is 9.18 Å². The zero-order valence-electron chi connectivity index (χ0n) is 9.92. The molecule has 3 nitrogen and oxygen atoms in total. The van der Waals surface area contributed by atoms with Crippen molar-refractivity contribution in [3.8, 4) is 0 Å². The summed E-state index contributed by atoms with van der Waals surface area (Å²) in [5, 5.41) is 5.97. The average Bonchev–Trinajstić information content (AvgIpc) is 2.32. The molecule has 1 heterocycles. The molecule has 1 aromatic rings. The molecular weight excluding hydrogens is 219 g/mol. The van der Waals surface area contributed by atoms with Crippen LogP contribution in [0.25, 0.3) is 0 Å². The predicted molar refractivity (Wildman–Crippen MR) is 64.0 cm³/mol. The molecule has 0 saturated carbocycles. The van der Waals surface area contributed by atoms with E-state index in [-0.39, 0.29) is 17.8 Å². The summed E-state index contributed by atoms with van der Waals surface area (Å²) in [6.07, 6.45) is 1.84. The van der Waals surface area contributed by atoms with Crippen molar-refractivity contribution in [1.82, 2.24) is 10.6 Å². The summed E-state index contributed by atoms with van der Waals surface area (Å²) >= 11 is 0. The highest BCUT2D eigenvalue weighted by molar-refractivity contribution is 5.82. The molecule has 4 heteroatoms. The fourth-order valence-electron chi connectivity index (χ4n) is 1.95. The van der Waals surface area contributed by atoms with Crippen LogP contribution in [0.3, 0.4) is 0 Å². The highest BCUT2D eigenvalue weighted by atomic mass is 19.1. The van der Waals surface area contributed by atoms with Crippen LogP contribution in [0.2, 0.25) is 0 Å². The number of rotatable bonds is 3. The summed E-state index contributed by atoms with van der Waals surface area (Å²) in [6.45, 7) is 3.02. The number of amides is 1. The van der Waals surface area contributed by atoms with Gasteiger partial charge in [-0.1, -0.05) is 12.1 Å². The molecule has 1 aromatic carbocycles. The zero-order chi connectivity index (χ0) is 12.3. The van der Waals surface area contributed by atoms with Crippen LogP contribution >= 0.6 is 0 Å². The third-order valence-corrected chi connectivity index (χ3v) is 3.07. The Labute approximate surface area is 100 Å². The second-order valence-corrected chi connectivity index (χ2v) is 4.45. The minimum Gasteiger partial charge on any atom is -0.355 e. The van der Waals surface area contributed by atoms with Gasteiger partial charge in [-0.05, 0) is 37.0 Å². The van der Waals surface area contributed by atoms with Crippen LogP contribution in [0.15, 0.2) is 18.2 Å². The Morgan fingerprint density at radius 1 is 1.53 bits per heavy atom. The molecule has 0 aliphatic carbocycles.